The van der Waals surface area contributed by atoms with E-state index in [0.717, 1.165) is 6.42 Å². The van der Waals surface area contributed by atoms with Crippen LogP contribution in [0.15, 0.2) is 24.3 Å². The first-order chi connectivity index (χ1) is 10.0. The average Bonchev–Trinajstić information content (AvgIpc) is 2.45. The van der Waals surface area contributed by atoms with Crippen LogP contribution < -0.4 is 10.6 Å². The van der Waals surface area contributed by atoms with Crippen molar-refractivity contribution in [1.29, 1.82) is 0 Å². The van der Waals surface area contributed by atoms with E-state index in [1.807, 2.05) is 6.92 Å². The molecular formula is C14H13ClF3N3. The highest BCUT2D eigenvalue weighted by molar-refractivity contribution is 6.31. The molecule has 1 aromatic heterocycles. The Bertz CT molecular complexity index is 650. The van der Waals surface area contributed by atoms with Gasteiger partial charge in [-0.3, -0.25) is 0 Å². The molecule has 1 aromatic carbocycles. The smallest absolute Gasteiger partial charge is 0.169 e. The third-order valence-corrected chi connectivity index (χ3v) is 2.97. The van der Waals surface area contributed by atoms with Crippen molar-refractivity contribution in [1.82, 2.24) is 4.98 Å². The highest BCUT2D eigenvalue weighted by atomic mass is 35.5. The van der Waals surface area contributed by atoms with Crippen molar-refractivity contribution in [3.8, 4) is 0 Å². The van der Waals surface area contributed by atoms with Crippen molar-refractivity contribution in [2.45, 2.75) is 13.3 Å². The Hall–Kier alpha value is -1.95. The van der Waals surface area contributed by atoms with E-state index in [0.29, 0.717) is 12.6 Å². The number of hydrogen-bond donors (Lipinski definition) is 2. The van der Waals surface area contributed by atoms with Gasteiger partial charge in [-0.05, 0) is 18.6 Å². The average molecular weight is 316 g/mol. The van der Waals surface area contributed by atoms with Crippen LogP contribution in [0.5, 0.6) is 0 Å². The van der Waals surface area contributed by atoms with Gasteiger partial charge in [0.2, 0.25) is 0 Å². The number of anilines is 3. The Labute approximate surface area is 125 Å². The van der Waals surface area contributed by atoms with Crippen LogP contribution in [-0.4, -0.2) is 11.5 Å². The molecule has 1 heterocycles. The van der Waals surface area contributed by atoms with Crippen LogP contribution >= 0.6 is 11.6 Å². The summed E-state index contributed by atoms with van der Waals surface area (Å²) in [5, 5.41) is 5.10. The fourth-order valence-corrected chi connectivity index (χ4v) is 1.82. The molecule has 2 rings (SSSR count). The van der Waals surface area contributed by atoms with E-state index in [1.54, 1.807) is 0 Å². The zero-order chi connectivity index (χ0) is 15.4. The van der Waals surface area contributed by atoms with E-state index in [1.165, 1.54) is 18.2 Å². The molecule has 2 N–H and O–H groups in total. The fraction of sp³-hybridized carbons (Fsp3) is 0.214. The molecule has 0 saturated carbocycles. The van der Waals surface area contributed by atoms with E-state index >= 15 is 0 Å². The number of halogens is 4. The third-order valence-electron chi connectivity index (χ3n) is 2.68. The summed E-state index contributed by atoms with van der Waals surface area (Å²) in [5.41, 5.74) is -0.0399. The van der Waals surface area contributed by atoms with Gasteiger partial charge in [0.25, 0.3) is 0 Å². The van der Waals surface area contributed by atoms with Crippen LogP contribution in [-0.2, 0) is 0 Å². The third kappa shape index (κ3) is 3.58. The van der Waals surface area contributed by atoms with Gasteiger partial charge in [0.05, 0.1) is 10.7 Å². The molecule has 0 aliphatic heterocycles. The SMILES string of the molecule is CCCNc1nc(Nc2cccc(Cl)c2F)c(F)cc1F. The second kappa shape index (κ2) is 6.67. The molecule has 21 heavy (non-hydrogen) atoms. The number of aromatic nitrogens is 1. The van der Waals surface area contributed by atoms with Crippen molar-refractivity contribution >= 4 is 28.9 Å². The molecule has 0 radical (unpaired) electrons. The molecule has 7 heteroatoms. The monoisotopic (exact) mass is 315 g/mol. The fourth-order valence-electron chi connectivity index (χ4n) is 1.65. The zero-order valence-corrected chi connectivity index (χ0v) is 11.9. The Morgan fingerprint density at radius 3 is 2.57 bits per heavy atom. The van der Waals surface area contributed by atoms with E-state index in [9.17, 15) is 13.2 Å². The standard InChI is InChI=1S/C14H13ClF3N3/c1-2-6-19-13-9(16)7-10(17)14(21-13)20-11-5-3-4-8(15)12(11)18/h3-5,7H,2,6H2,1H3,(H2,19,20,21). The van der Waals surface area contributed by atoms with Crippen LogP contribution in [0.2, 0.25) is 5.02 Å². The summed E-state index contributed by atoms with van der Waals surface area (Å²) < 4.78 is 41.0. The number of hydrogen-bond acceptors (Lipinski definition) is 3. The van der Waals surface area contributed by atoms with Crippen LogP contribution in [0, 0.1) is 17.5 Å². The summed E-state index contributed by atoms with van der Waals surface area (Å²) in [6.45, 7) is 2.38. The molecular weight excluding hydrogens is 303 g/mol. The van der Waals surface area contributed by atoms with Gasteiger partial charge in [0, 0.05) is 12.6 Å². The topological polar surface area (TPSA) is 37.0 Å². The summed E-state index contributed by atoms with van der Waals surface area (Å²) >= 11 is 5.64. The molecule has 0 amide bonds. The van der Waals surface area contributed by atoms with E-state index in [-0.39, 0.29) is 22.3 Å². The van der Waals surface area contributed by atoms with Crippen molar-refractivity contribution in [2.75, 3.05) is 17.2 Å². The maximum atomic E-state index is 13.8. The summed E-state index contributed by atoms with van der Waals surface area (Å²) in [6, 6.07) is 4.94. The lowest BCUT2D eigenvalue weighted by atomic mass is 10.3. The Balaban J connectivity index is 2.33. The Morgan fingerprint density at radius 1 is 1.14 bits per heavy atom. The second-order valence-electron chi connectivity index (χ2n) is 4.30. The minimum atomic E-state index is -0.922. The van der Waals surface area contributed by atoms with Gasteiger partial charge in [-0.1, -0.05) is 24.6 Å². The van der Waals surface area contributed by atoms with Crippen molar-refractivity contribution in [3.63, 3.8) is 0 Å². The van der Waals surface area contributed by atoms with Gasteiger partial charge in [-0.15, -0.1) is 0 Å². The van der Waals surface area contributed by atoms with Crippen molar-refractivity contribution in [3.05, 3.63) is 46.7 Å². The maximum Gasteiger partial charge on any atom is 0.169 e. The molecule has 3 nitrogen and oxygen atoms in total. The summed E-state index contributed by atoms with van der Waals surface area (Å²) in [5.74, 6) is -2.83. The van der Waals surface area contributed by atoms with E-state index in [4.69, 9.17) is 11.6 Å². The van der Waals surface area contributed by atoms with Crippen molar-refractivity contribution < 1.29 is 13.2 Å². The highest BCUT2D eigenvalue weighted by Gasteiger charge is 2.14. The van der Waals surface area contributed by atoms with Crippen LogP contribution in [0.1, 0.15) is 13.3 Å². The largest absolute Gasteiger partial charge is 0.368 e. The lowest BCUT2D eigenvalue weighted by Crippen LogP contribution is -2.08. The van der Waals surface area contributed by atoms with Crippen LogP contribution in [0.25, 0.3) is 0 Å². The molecule has 0 bridgehead atoms. The Kier molecular flexibility index (Phi) is 4.90. The van der Waals surface area contributed by atoms with Gasteiger partial charge in [-0.2, -0.15) is 0 Å². The van der Waals surface area contributed by atoms with Crippen LogP contribution in [0.4, 0.5) is 30.5 Å². The molecule has 2 aromatic rings. The number of benzene rings is 1. The summed E-state index contributed by atoms with van der Waals surface area (Å²) in [6.07, 6.45) is 0.754. The lowest BCUT2D eigenvalue weighted by molar-refractivity contribution is 0.578. The molecule has 0 fully saturated rings. The summed E-state index contributed by atoms with van der Waals surface area (Å²) in [7, 11) is 0. The van der Waals surface area contributed by atoms with Gasteiger partial charge >= 0.3 is 0 Å². The molecule has 0 atom stereocenters. The number of nitrogens with one attached hydrogen (secondary N) is 2. The predicted octanol–water partition coefficient (Wildman–Crippen LogP) is 4.72. The quantitative estimate of drug-likeness (QED) is 0.838. The Morgan fingerprint density at radius 2 is 1.86 bits per heavy atom. The minimum Gasteiger partial charge on any atom is -0.368 e. The minimum absolute atomic E-state index is 0.0399. The highest BCUT2D eigenvalue weighted by Crippen LogP contribution is 2.27. The number of pyridine rings is 1. The lowest BCUT2D eigenvalue weighted by Gasteiger charge is -2.11. The van der Waals surface area contributed by atoms with Gasteiger partial charge in [0.15, 0.2) is 29.1 Å². The normalized spacial score (nSPS) is 10.5. The molecule has 0 unspecified atom stereocenters. The molecule has 0 saturated heterocycles. The molecule has 0 spiro atoms. The first-order valence-corrected chi connectivity index (χ1v) is 6.71. The van der Waals surface area contributed by atoms with E-state index in [2.05, 4.69) is 15.6 Å². The van der Waals surface area contributed by atoms with Gasteiger partial charge < -0.3 is 10.6 Å². The first-order valence-electron chi connectivity index (χ1n) is 6.34. The van der Waals surface area contributed by atoms with Crippen molar-refractivity contribution in [2.24, 2.45) is 0 Å². The maximum absolute atomic E-state index is 13.8. The second-order valence-corrected chi connectivity index (χ2v) is 4.71. The van der Waals surface area contributed by atoms with Crippen LogP contribution in [0.3, 0.4) is 0 Å². The zero-order valence-electron chi connectivity index (χ0n) is 11.2. The summed E-state index contributed by atoms with van der Waals surface area (Å²) in [4.78, 5) is 3.79. The molecule has 112 valence electrons. The van der Waals surface area contributed by atoms with E-state index < -0.39 is 17.5 Å². The molecule has 0 aliphatic rings. The predicted molar refractivity (Wildman–Crippen MR) is 77.6 cm³/mol. The number of rotatable bonds is 5. The van der Waals surface area contributed by atoms with Gasteiger partial charge in [-0.25, -0.2) is 18.2 Å². The van der Waals surface area contributed by atoms with Gasteiger partial charge in [0.1, 0.15) is 0 Å². The first kappa shape index (κ1) is 15.4. The molecule has 0 aliphatic carbocycles. The number of nitrogens with zero attached hydrogens (tertiary/aromatic N) is 1.